The Morgan fingerprint density at radius 1 is 1.43 bits per heavy atom. The summed E-state index contributed by atoms with van der Waals surface area (Å²) in [4.78, 5) is 4.33. The largest absolute Gasteiger partial charge is 0.319 e. The van der Waals surface area contributed by atoms with Crippen molar-refractivity contribution in [1.29, 1.82) is 0 Å². The highest BCUT2D eigenvalue weighted by Crippen LogP contribution is 2.24. The number of nitrogens with one attached hydrogen (secondary N) is 2. The van der Waals surface area contributed by atoms with Crippen LogP contribution in [-0.4, -0.2) is 44.4 Å². The first-order valence-corrected chi connectivity index (χ1v) is 9.62. The minimum Gasteiger partial charge on any atom is -0.319 e. The van der Waals surface area contributed by atoms with Crippen molar-refractivity contribution in [3.05, 3.63) is 11.1 Å². The Labute approximate surface area is 131 Å². The van der Waals surface area contributed by atoms with Gasteiger partial charge in [-0.25, -0.2) is 9.71 Å². The van der Waals surface area contributed by atoms with E-state index >= 15 is 0 Å². The average molecular weight is 332 g/mol. The first-order valence-electron chi connectivity index (χ1n) is 7.30. The molecule has 0 amide bonds. The number of aromatic nitrogens is 1. The zero-order valence-electron chi connectivity index (χ0n) is 12.8. The molecule has 0 aliphatic carbocycles. The lowest BCUT2D eigenvalue weighted by Crippen LogP contribution is -2.43. The molecule has 0 unspecified atom stereocenters. The van der Waals surface area contributed by atoms with Crippen LogP contribution < -0.4 is 10.0 Å². The predicted molar refractivity (Wildman–Crippen MR) is 87.0 cm³/mol. The van der Waals surface area contributed by atoms with Gasteiger partial charge >= 0.3 is 10.2 Å². The summed E-state index contributed by atoms with van der Waals surface area (Å²) in [7, 11) is -1.55. The molecule has 2 N–H and O–H groups in total. The average Bonchev–Trinajstić information content (AvgIpc) is 2.88. The highest BCUT2D eigenvalue weighted by atomic mass is 32.2. The fourth-order valence-electron chi connectivity index (χ4n) is 2.42. The summed E-state index contributed by atoms with van der Waals surface area (Å²) in [5.74, 6) is 0.866. The smallest absolute Gasteiger partial charge is 0.303 e. The number of nitrogens with zero attached hydrogens (tertiary/aromatic N) is 2. The first-order chi connectivity index (χ1) is 9.92. The predicted octanol–water partition coefficient (Wildman–Crippen LogP) is 1.85. The lowest BCUT2D eigenvalue weighted by atomic mass is 9.98. The van der Waals surface area contributed by atoms with Gasteiger partial charge in [-0.15, -0.1) is 11.3 Å². The summed E-state index contributed by atoms with van der Waals surface area (Å²) >= 11 is 1.34. The highest BCUT2D eigenvalue weighted by molar-refractivity contribution is 7.90. The van der Waals surface area contributed by atoms with Crippen molar-refractivity contribution in [1.82, 2.24) is 14.6 Å². The highest BCUT2D eigenvalue weighted by Gasteiger charge is 2.28. The number of hydrogen-bond donors (Lipinski definition) is 2. The Balaban J connectivity index is 1.95. The molecule has 1 saturated heterocycles. The molecule has 0 saturated carbocycles. The first kappa shape index (κ1) is 16.7. The molecule has 21 heavy (non-hydrogen) atoms. The molecule has 0 spiro atoms. The van der Waals surface area contributed by atoms with Gasteiger partial charge in [0.1, 0.15) is 0 Å². The molecule has 1 aliphatic rings. The standard InChI is InChI=1S/C13H24N4O2S2/c1-10(2)12-9-20-13(15-12)16-21(18,19)17-6-4-11(5-7-17)8-14-3/h9-11,14H,4-8H2,1-3H3,(H,15,16). The van der Waals surface area contributed by atoms with Gasteiger partial charge < -0.3 is 5.32 Å². The minimum atomic E-state index is -3.48. The van der Waals surface area contributed by atoms with Crippen molar-refractivity contribution >= 4 is 26.7 Å². The Hall–Kier alpha value is -0.700. The second-order valence-corrected chi connectivity index (χ2v) is 8.27. The van der Waals surface area contributed by atoms with Gasteiger partial charge in [0.2, 0.25) is 0 Å². The van der Waals surface area contributed by atoms with E-state index in [-0.39, 0.29) is 0 Å². The van der Waals surface area contributed by atoms with E-state index in [0.29, 0.717) is 30.1 Å². The Kier molecular flexibility index (Phi) is 5.59. The fraction of sp³-hybridized carbons (Fsp3) is 0.769. The van der Waals surface area contributed by atoms with Crippen LogP contribution in [0.3, 0.4) is 0 Å². The summed E-state index contributed by atoms with van der Waals surface area (Å²) in [5.41, 5.74) is 0.922. The summed E-state index contributed by atoms with van der Waals surface area (Å²) in [6, 6.07) is 0. The third kappa shape index (κ3) is 4.38. The van der Waals surface area contributed by atoms with E-state index in [1.165, 1.54) is 15.6 Å². The Bertz CT molecular complexity index is 548. The normalized spacial score (nSPS) is 18.3. The quantitative estimate of drug-likeness (QED) is 0.834. The van der Waals surface area contributed by atoms with E-state index in [4.69, 9.17) is 0 Å². The lowest BCUT2D eigenvalue weighted by Gasteiger charge is -2.30. The van der Waals surface area contributed by atoms with E-state index in [9.17, 15) is 8.42 Å². The van der Waals surface area contributed by atoms with Crippen LogP contribution in [0.4, 0.5) is 5.13 Å². The van der Waals surface area contributed by atoms with Crippen LogP contribution in [0.5, 0.6) is 0 Å². The number of rotatable bonds is 6. The van der Waals surface area contributed by atoms with Gasteiger partial charge in [0.25, 0.3) is 0 Å². The zero-order valence-corrected chi connectivity index (χ0v) is 14.4. The van der Waals surface area contributed by atoms with Gasteiger partial charge in [0, 0.05) is 18.5 Å². The van der Waals surface area contributed by atoms with Crippen molar-refractivity contribution in [3.63, 3.8) is 0 Å². The molecule has 6 nitrogen and oxygen atoms in total. The zero-order chi connectivity index (χ0) is 15.5. The molecule has 1 aliphatic heterocycles. The maximum absolute atomic E-state index is 12.4. The molecule has 0 atom stereocenters. The van der Waals surface area contributed by atoms with E-state index in [1.807, 2.05) is 26.3 Å². The van der Waals surface area contributed by atoms with Crippen molar-refractivity contribution in [2.45, 2.75) is 32.6 Å². The maximum Gasteiger partial charge on any atom is 0.303 e. The number of piperidine rings is 1. The van der Waals surface area contributed by atoms with E-state index in [1.54, 1.807) is 0 Å². The van der Waals surface area contributed by atoms with Gasteiger partial charge in [-0.05, 0) is 38.3 Å². The van der Waals surface area contributed by atoms with E-state index in [0.717, 1.165) is 25.1 Å². The van der Waals surface area contributed by atoms with Gasteiger partial charge in [-0.1, -0.05) is 13.8 Å². The molecule has 0 bridgehead atoms. The van der Waals surface area contributed by atoms with E-state index < -0.39 is 10.2 Å². The van der Waals surface area contributed by atoms with Crippen molar-refractivity contribution in [2.24, 2.45) is 5.92 Å². The van der Waals surface area contributed by atoms with Crippen molar-refractivity contribution in [3.8, 4) is 0 Å². The molecule has 1 aromatic rings. The van der Waals surface area contributed by atoms with Crippen LogP contribution in [0, 0.1) is 5.92 Å². The molecule has 0 radical (unpaired) electrons. The van der Waals surface area contributed by atoms with Crippen LogP contribution >= 0.6 is 11.3 Å². The molecule has 120 valence electrons. The third-order valence-corrected chi connectivity index (χ3v) is 6.14. The summed E-state index contributed by atoms with van der Waals surface area (Å²) in [5, 5.41) is 5.51. The van der Waals surface area contributed by atoms with Crippen LogP contribution in [0.25, 0.3) is 0 Å². The second-order valence-electron chi connectivity index (χ2n) is 5.74. The molecule has 0 aromatic carbocycles. The fourth-order valence-corrected chi connectivity index (χ4v) is 4.73. The number of anilines is 1. The number of hydrogen-bond acceptors (Lipinski definition) is 5. The Morgan fingerprint density at radius 3 is 2.62 bits per heavy atom. The molecular formula is C13H24N4O2S2. The van der Waals surface area contributed by atoms with Gasteiger partial charge in [0.15, 0.2) is 5.13 Å². The summed E-state index contributed by atoms with van der Waals surface area (Å²) < 4.78 is 28.9. The molecule has 1 fully saturated rings. The second kappa shape index (κ2) is 7.04. The van der Waals surface area contributed by atoms with Crippen molar-refractivity contribution in [2.75, 3.05) is 31.4 Å². The summed E-state index contributed by atoms with van der Waals surface area (Å²) in [6.07, 6.45) is 1.80. The van der Waals surface area contributed by atoms with E-state index in [2.05, 4.69) is 15.0 Å². The van der Waals surface area contributed by atoms with Crippen LogP contribution in [0.2, 0.25) is 0 Å². The van der Waals surface area contributed by atoms with Crippen LogP contribution in [0.15, 0.2) is 5.38 Å². The van der Waals surface area contributed by atoms with Gasteiger partial charge in [-0.3, -0.25) is 0 Å². The monoisotopic (exact) mass is 332 g/mol. The minimum absolute atomic E-state index is 0.303. The molecule has 1 aromatic heterocycles. The van der Waals surface area contributed by atoms with Gasteiger partial charge in [0.05, 0.1) is 5.69 Å². The molecule has 2 heterocycles. The maximum atomic E-state index is 12.4. The van der Waals surface area contributed by atoms with Crippen molar-refractivity contribution < 1.29 is 8.42 Å². The molecular weight excluding hydrogens is 308 g/mol. The van der Waals surface area contributed by atoms with Crippen LogP contribution in [0.1, 0.15) is 38.3 Å². The number of thiazole rings is 1. The third-order valence-electron chi connectivity index (χ3n) is 3.74. The molecule has 8 heteroatoms. The molecule has 2 rings (SSSR count). The SMILES string of the molecule is CNCC1CCN(S(=O)(=O)Nc2nc(C(C)C)cs2)CC1. The Morgan fingerprint density at radius 2 is 2.10 bits per heavy atom. The lowest BCUT2D eigenvalue weighted by molar-refractivity contribution is 0.272. The topological polar surface area (TPSA) is 74.3 Å². The van der Waals surface area contributed by atoms with Gasteiger partial charge in [-0.2, -0.15) is 12.7 Å². The van der Waals surface area contributed by atoms with Crippen LogP contribution in [-0.2, 0) is 10.2 Å². The summed E-state index contributed by atoms with van der Waals surface area (Å²) in [6.45, 7) is 6.18.